The van der Waals surface area contributed by atoms with Gasteiger partial charge in [-0.15, -0.1) is 0 Å². The molecule has 0 aliphatic heterocycles. The van der Waals surface area contributed by atoms with Crippen molar-refractivity contribution in [1.82, 2.24) is 0 Å². The average molecular weight is 766 g/mol. The summed E-state index contributed by atoms with van der Waals surface area (Å²) in [7, 11) is 0. The highest BCUT2D eigenvalue weighted by atomic mass is 79.9. The number of Topliss-reactive ketones (excluding diaryl/α,β-unsaturated/α-hetero) is 2. The van der Waals surface area contributed by atoms with Crippen LogP contribution in [-0.4, -0.2) is 16.7 Å². The predicted molar refractivity (Wildman–Crippen MR) is 174 cm³/mol. The summed E-state index contributed by atoms with van der Waals surface area (Å²) >= 11 is 14.5. The van der Waals surface area contributed by atoms with Crippen LogP contribution in [0.5, 0.6) is 11.5 Å². The van der Waals surface area contributed by atoms with Crippen LogP contribution in [0.3, 0.4) is 0 Å². The van der Waals surface area contributed by atoms with E-state index in [4.69, 9.17) is 33.0 Å². The summed E-state index contributed by atoms with van der Waals surface area (Å²) in [6.45, 7) is 7.01. The molecule has 0 aromatic heterocycles. The van der Waals surface area contributed by atoms with Crippen molar-refractivity contribution in [2.75, 3.05) is 0 Å². The molecule has 0 saturated carbocycles. The second-order valence-electron chi connectivity index (χ2n) is 10.3. The average Bonchev–Trinajstić information content (AvgIpc) is 2.97. The lowest BCUT2D eigenvalue weighted by Crippen LogP contribution is -2.05. The third-order valence-electron chi connectivity index (χ3n) is 6.17. The minimum absolute atomic E-state index is 0.0671. The van der Waals surface area contributed by atoms with Gasteiger partial charge in [0.05, 0.1) is 21.2 Å². The third-order valence-corrected chi connectivity index (χ3v) is 7.42. The van der Waals surface area contributed by atoms with E-state index >= 15 is 0 Å². The SMILES string of the molecule is CC(=O)c1cc(C)cc(CBr)c1.CC(=O)c1cc(C)cc(COc2ccc(C(F)(F)F)cc2Cl)c1.Oc1ccc(C(F)(F)F)cc1Cl. The van der Waals surface area contributed by atoms with Gasteiger partial charge in [-0.1, -0.05) is 62.4 Å². The summed E-state index contributed by atoms with van der Waals surface area (Å²) in [5.41, 5.74) is 3.58. The van der Waals surface area contributed by atoms with E-state index in [-0.39, 0.29) is 39.7 Å². The van der Waals surface area contributed by atoms with Gasteiger partial charge < -0.3 is 9.84 Å². The highest BCUT2D eigenvalue weighted by molar-refractivity contribution is 9.08. The van der Waals surface area contributed by atoms with Crippen molar-refractivity contribution in [2.45, 2.75) is 52.0 Å². The van der Waals surface area contributed by atoms with Crippen LogP contribution in [0.25, 0.3) is 0 Å². The van der Waals surface area contributed by atoms with Gasteiger partial charge in [0, 0.05) is 16.5 Å². The van der Waals surface area contributed by atoms with Crippen LogP contribution < -0.4 is 4.74 Å². The van der Waals surface area contributed by atoms with Crippen molar-refractivity contribution in [3.8, 4) is 11.5 Å². The molecule has 4 rings (SSSR count). The molecule has 0 aliphatic rings. The molecule has 47 heavy (non-hydrogen) atoms. The van der Waals surface area contributed by atoms with Crippen LogP contribution >= 0.6 is 39.1 Å². The molecule has 13 heteroatoms. The van der Waals surface area contributed by atoms with Gasteiger partial charge in [0.15, 0.2) is 11.6 Å². The van der Waals surface area contributed by atoms with Gasteiger partial charge in [-0.05, 0) is 99.5 Å². The van der Waals surface area contributed by atoms with Crippen molar-refractivity contribution in [3.63, 3.8) is 0 Å². The summed E-state index contributed by atoms with van der Waals surface area (Å²) < 4.78 is 79.1. The van der Waals surface area contributed by atoms with Crippen molar-refractivity contribution >= 4 is 50.7 Å². The minimum Gasteiger partial charge on any atom is -0.506 e. The van der Waals surface area contributed by atoms with E-state index in [0.29, 0.717) is 11.6 Å². The quantitative estimate of drug-likeness (QED) is 0.121. The first-order valence-electron chi connectivity index (χ1n) is 13.6. The fourth-order valence-electron chi connectivity index (χ4n) is 3.93. The molecule has 0 saturated heterocycles. The molecule has 4 aromatic rings. The molecule has 0 aliphatic carbocycles. The number of aryl methyl sites for hydroxylation is 2. The third kappa shape index (κ3) is 12.9. The number of alkyl halides is 7. The standard InChI is InChI=1S/C17H14ClF3O2.C10H11BrO.C7H4ClF3O/c1-10-5-12(7-13(6-10)11(2)22)9-23-16-4-3-14(8-15(16)18)17(19,20)21;1-7-3-9(6-11)5-10(4-7)8(2)12;8-5-3-4(7(9,10)11)1-2-6(5)12/h3-8H,9H2,1-2H3;3-5H,6H2,1-2H3;1-3,12H. The van der Waals surface area contributed by atoms with Gasteiger partial charge in [-0.3, -0.25) is 9.59 Å². The molecule has 4 aromatic carbocycles. The van der Waals surface area contributed by atoms with Crippen molar-refractivity contribution in [1.29, 1.82) is 0 Å². The number of hydrogen-bond acceptors (Lipinski definition) is 4. The van der Waals surface area contributed by atoms with E-state index in [9.17, 15) is 35.9 Å². The van der Waals surface area contributed by atoms with E-state index in [1.54, 1.807) is 19.1 Å². The molecule has 0 spiro atoms. The first-order valence-corrected chi connectivity index (χ1v) is 15.4. The number of carbonyl (C=O) groups is 2. The molecule has 0 unspecified atom stereocenters. The Morgan fingerprint density at radius 3 is 1.57 bits per heavy atom. The maximum absolute atomic E-state index is 12.6. The molecule has 0 heterocycles. The molecular formula is C34H29BrCl2F6O4. The van der Waals surface area contributed by atoms with Crippen LogP contribution in [0.1, 0.15) is 67.9 Å². The fraction of sp³-hybridized carbons (Fsp3) is 0.235. The molecule has 1 N–H and O–H groups in total. The normalized spacial score (nSPS) is 11.1. The number of halogens is 9. The van der Waals surface area contributed by atoms with Gasteiger partial charge in [0.25, 0.3) is 0 Å². The Balaban J connectivity index is 0.000000270. The number of carbonyl (C=O) groups excluding carboxylic acids is 2. The first kappa shape index (κ1) is 39.6. The maximum Gasteiger partial charge on any atom is 0.416 e. The van der Waals surface area contributed by atoms with Gasteiger partial charge in [-0.25, -0.2) is 0 Å². The molecular weight excluding hydrogens is 737 g/mol. The number of phenolic OH excluding ortho intramolecular Hbond substituents is 1. The van der Waals surface area contributed by atoms with E-state index in [1.165, 1.54) is 13.0 Å². The number of ketones is 2. The number of rotatable bonds is 6. The second kappa shape index (κ2) is 17.0. The summed E-state index contributed by atoms with van der Waals surface area (Å²) in [6, 6.07) is 16.5. The summed E-state index contributed by atoms with van der Waals surface area (Å²) in [6.07, 6.45) is -8.87. The Morgan fingerprint density at radius 2 is 1.15 bits per heavy atom. The summed E-state index contributed by atoms with van der Waals surface area (Å²) in [5.74, 6) is -0.140. The zero-order chi connectivity index (χ0) is 35.7. The number of ether oxygens (including phenoxy) is 1. The van der Waals surface area contributed by atoms with E-state index in [2.05, 4.69) is 22.0 Å². The van der Waals surface area contributed by atoms with Crippen LogP contribution in [0.2, 0.25) is 10.0 Å². The predicted octanol–water partition coefficient (Wildman–Crippen LogP) is 11.6. The van der Waals surface area contributed by atoms with Crippen molar-refractivity contribution in [2.24, 2.45) is 0 Å². The Kier molecular flexibility index (Phi) is 14.4. The van der Waals surface area contributed by atoms with Crippen molar-refractivity contribution in [3.05, 3.63) is 127 Å². The Morgan fingerprint density at radius 1 is 0.702 bits per heavy atom. The van der Waals surface area contributed by atoms with Gasteiger partial charge >= 0.3 is 12.4 Å². The molecule has 252 valence electrons. The van der Waals surface area contributed by atoms with Gasteiger partial charge in [0.1, 0.15) is 18.1 Å². The van der Waals surface area contributed by atoms with Gasteiger partial charge in [0.2, 0.25) is 0 Å². The number of hydrogen-bond donors (Lipinski definition) is 1. The highest BCUT2D eigenvalue weighted by Crippen LogP contribution is 2.35. The minimum atomic E-state index is -4.45. The fourth-order valence-corrected chi connectivity index (χ4v) is 4.67. The molecule has 0 radical (unpaired) electrons. The molecule has 4 nitrogen and oxygen atoms in total. The molecule has 0 bridgehead atoms. The van der Waals surface area contributed by atoms with Crippen LogP contribution in [-0.2, 0) is 24.3 Å². The first-order chi connectivity index (χ1) is 21.7. The monoisotopic (exact) mass is 764 g/mol. The molecule has 0 amide bonds. The topological polar surface area (TPSA) is 63.6 Å². The number of aromatic hydroxyl groups is 1. The zero-order valence-corrected chi connectivity index (χ0v) is 28.5. The van der Waals surface area contributed by atoms with Gasteiger partial charge in [-0.2, -0.15) is 26.3 Å². The zero-order valence-electron chi connectivity index (χ0n) is 25.4. The number of benzene rings is 4. The maximum atomic E-state index is 12.6. The van der Waals surface area contributed by atoms with E-state index in [1.807, 2.05) is 32.0 Å². The lowest BCUT2D eigenvalue weighted by atomic mass is 10.0. The Hall–Kier alpha value is -3.54. The van der Waals surface area contributed by atoms with E-state index in [0.717, 1.165) is 57.4 Å². The van der Waals surface area contributed by atoms with Crippen LogP contribution in [0, 0.1) is 13.8 Å². The second-order valence-corrected chi connectivity index (χ2v) is 11.6. The van der Waals surface area contributed by atoms with E-state index < -0.39 is 23.5 Å². The highest BCUT2D eigenvalue weighted by Gasteiger charge is 2.31. The molecule has 0 atom stereocenters. The number of phenols is 1. The Bertz CT molecular complexity index is 1720. The largest absolute Gasteiger partial charge is 0.506 e. The van der Waals surface area contributed by atoms with Crippen LogP contribution in [0.4, 0.5) is 26.3 Å². The molecule has 0 fully saturated rings. The smallest absolute Gasteiger partial charge is 0.416 e. The lowest BCUT2D eigenvalue weighted by Gasteiger charge is -2.12. The Labute approximate surface area is 286 Å². The van der Waals surface area contributed by atoms with Crippen LogP contribution in [0.15, 0.2) is 72.8 Å². The summed E-state index contributed by atoms with van der Waals surface area (Å²) in [5, 5.41) is 9.20. The summed E-state index contributed by atoms with van der Waals surface area (Å²) in [4.78, 5) is 22.5. The lowest BCUT2D eigenvalue weighted by molar-refractivity contribution is -0.138. The van der Waals surface area contributed by atoms with Crippen molar-refractivity contribution < 1.29 is 45.8 Å².